The highest BCUT2D eigenvalue weighted by Crippen LogP contribution is 2.51. The third-order valence-corrected chi connectivity index (χ3v) is 12.8. The number of para-hydroxylation sites is 2. The van der Waals surface area contributed by atoms with Gasteiger partial charge in [0.25, 0.3) is 0 Å². The van der Waals surface area contributed by atoms with Crippen LogP contribution in [0, 0.1) is 0 Å². The molecular formula is C54H33NOS. The Bertz CT molecular complexity index is 3540. The van der Waals surface area contributed by atoms with Crippen LogP contribution in [0.25, 0.3) is 96.7 Å². The van der Waals surface area contributed by atoms with E-state index in [9.17, 15) is 0 Å². The number of rotatable bonds is 5. The zero-order valence-electron chi connectivity index (χ0n) is 30.8. The maximum Gasteiger partial charge on any atom is 0.159 e. The van der Waals surface area contributed by atoms with E-state index in [0.29, 0.717) is 0 Å². The molecule has 0 spiro atoms. The van der Waals surface area contributed by atoms with Crippen LogP contribution >= 0.6 is 11.3 Å². The molecule has 57 heavy (non-hydrogen) atoms. The zero-order chi connectivity index (χ0) is 37.5. The molecule has 0 unspecified atom stereocenters. The molecule has 0 fully saturated rings. The molecule has 0 bridgehead atoms. The van der Waals surface area contributed by atoms with Gasteiger partial charge in [-0.2, -0.15) is 0 Å². The molecule has 0 saturated heterocycles. The second kappa shape index (κ2) is 12.7. The molecule has 0 radical (unpaired) electrons. The summed E-state index contributed by atoms with van der Waals surface area (Å²) in [4.78, 5) is 2.45. The first kappa shape index (κ1) is 32.1. The first-order valence-electron chi connectivity index (χ1n) is 19.4. The molecule has 0 aliphatic carbocycles. The number of nitrogens with zero attached hydrogens (tertiary/aromatic N) is 1. The van der Waals surface area contributed by atoms with Gasteiger partial charge >= 0.3 is 0 Å². The van der Waals surface area contributed by atoms with Crippen LogP contribution in [0.2, 0.25) is 0 Å². The van der Waals surface area contributed by atoms with Crippen LogP contribution in [0.1, 0.15) is 0 Å². The molecule has 0 aliphatic rings. The number of hydrogen-bond donors (Lipinski definition) is 0. The van der Waals surface area contributed by atoms with Crippen LogP contribution in [0.5, 0.6) is 0 Å². The quantitative estimate of drug-likeness (QED) is 0.163. The molecule has 0 amide bonds. The lowest BCUT2D eigenvalue weighted by Gasteiger charge is -2.30. The van der Waals surface area contributed by atoms with E-state index in [1.54, 1.807) is 0 Å². The fourth-order valence-corrected chi connectivity index (χ4v) is 10.1. The smallest absolute Gasteiger partial charge is 0.159 e. The third-order valence-electron chi connectivity index (χ3n) is 11.6. The highest BCUT2D eigenvalue weighted by molar-refractivity contribution is 7.25. The highest BCUT2D eigenvalue weighted by Gasteiger charge is 2.26. The number of fused-ring (bicyclic) bond motifs is 10. The fraction of sp³-hybridized carbons (Fsp3) is 0. The molecule has 12 aromatic rings. The monoisotopic (exact) mass is 743 g/mol. The van der Waals surface area contributed by atoms with Crippen molar-refractivity contribution < 1.29 is 4.42 Å². The van der Waals surface area contributed by atoms with Crippen molar-refractivity contribution in [3.8, 4) is 22.3 Å². The summed E-state index contributed by atoms with van der Waals surface area (Å²) < 4.78 is 9.45. The summed E-state index contributed by atoms with van der Waals surface area (Å²) in [7, 11) is 0. The van der Waals surface area contributed by atoms with E-state index in [4.69, 9.17) is 4.42 Å². The summed E-state index contributed by atoms with van der Waals surface area (Å²) in [6, 6.07) is 72.8. The molecule has 2 heterocycles. The van der Waals surface area contributed by atoms with E-state index < -0.39 is 0 Å². The Morgan fingerprint density at radius 2 is 0.982 bits per heavy atom. The van der Waals surface area contributed by atoms with Gasteiger partial charge in [-0.15, -0.1) is 11.3 Å². The molecule has 266 valence electrons. The number of furan rings is 1. The van der Waals surface area contributed by atoms with Gasteiger partial charge in [0.05, 0.1) is 11.4 Å². The summed E-state index contributed by atoms with van der Waals surface area (Å²) in [6.07, 6.45) is 0. The van der Waals surface area contributed by atoms with Crippen molar-refractivity contribution >= 4 is 103 Å². The Hall–Kier alpha value is -7.20. The standard InChI is InChI=1S/C54H33NOS/c1-2-13-36-32-38(25-24-34(36)12-1)52-45-18-5-3-14-40(45)41-15-4-6-19-46(41)53(52)55(48-21-11-20-47-42-16-7-9-22-49(42)56-54(47)48)39-29-26-35(27-30-39)37-28-31-44-43-17-8-10-23-50(43)57-51(44)33-37/h1-33H. The summed E-state index contributed by atoms with van der Waals surface area (Å²) in [5, 5.41) is 12.1. The van der Waals surface area contributed by atoms with E-state index in [1.807, 2.05) is 17.4 Å². The van der Waals surface area contributed by atoms with Gasteiger partial charge < -0.3 is 9.32 Å². The first-order chi connectivity index (χ1) is 28.3. The molecule has 0 atom stereocenters. The summed E-state index contributed by atoms with van der Waals surface area (Å²) >= 11 is 1.86. The first-order valence-corrected chi connectivity index (χ1v) is 20.2. The van der Waals surface area contributed by atoms with Crippen molar-refractivity contribution in [2.75, 3.05) is 4.90 Å². The van der Waals surface area contributed by atoms with Crippen molar-refractivity contribution in [3.05, 3.63) is 200 Å². The molecule has 2 nitrogen and oxygen atoms in total. The molecule has 0 aliphatic heterocycles. The van der Waals surface area contributed by atoms with Gasteiger partial charge in [0, 0.05) is 47.6 Å². The lowest BCUT2D eigenvalue weighted by molar-refractivity contribution is 0.669. The minimum atomic E-state index is 0.861. The Balaban J connectivity index is 1.15. The molecule has 10 aromatic carbocycles. The summed E-state index contributed by atoms with van der Waals surface area (Å²) in [5.41, 5.74) is 9.64. The molecular weight excluding hydrogens is 711 g/mol. The van der Waals surface area contributed by atoms with Gasteiger partial charge in [0.2, 0.25) is 0 Å². The summed E-state index contributed by atoms with van der Waals surface area (Å²) in [6.45, 7) is 0. The maximum atomic E-state index is 6.83. The molecule has 3 heteroatoms. The van der Waals surface area contributed by atoms with Crippen molar-refractivity contribution in [1.29, 1.82) is 0 Å². The average Bonchev–Trinajstić information content (AvgIpc) is 3.85. The van der Waals surface area contributed by atoms with Crippen molar-refractivity contribution in [1.82, 2.24) is 0 Å². The van der Waals surface area contributed by atoms with Gasteiger partial charge in [-0.1, -0.05) is 158 Å². The average molecular weight is 744 g/mol. The van der Waals surface area contributed by atoms with E-state index in [0.717, 1.165) is 39.0 Å². The van der Waals surface area contributed by atoms with Crippen LogP contribution in [-0.2, 0) is 0 Å². The minimum Gasteiger partial charge on any atom is -0.454 e. The van der Waals surface area contributed by atoms with Gasteiger partial charge in [-0.25, -0.2) is 0 Å². The van der Waals surface area contributed by atoms with Gasteiger partial charge in [-0.05, 0) is 86.1 Å². The summed E-state index contributed by atoms with van der Waals surface area (Å²) in [5.74, 6) is 0. The van der Waals surface area contributed by atoms with Crippen LogP contribution in [0.4, 0.5) is 17.1 Å². The van der Waals surface area contributed by atoms with E-state index in [2.05, 4.69) is 199 Å². The number of hydrogen-bond acceptors (Lipinski definition) is 3. The minimum absolute atomic E-state index is 0.861. The third kappa shape index (κ3) is 5.03. The Kier molecular flexibility index (Phi) is 7.13. The zero-order valence-corrected chi connectivity index (χ0v) is 31.6. The lowest BCUT2D eigenvalue weighted by Crippen LogP contribution is -2.12. The Labute approximate surface area is 333 Å². The Morgan fingerprint density at radius 3 is 1.82 bits per heavy atom. The van der Waals surface area contributed by atoms with E-state index in [-0.39, 0.29) is 0 Å². The van der Waals surface area contributed by atoms with Gasteiger partial charge in [0.15, 0.2) is 5.58 Å². The van der Waals surface area contributed by atoms with Gasteiger partial charge in [0.1, 0.15) is 5.58 Å². The second-order valence-corrected chi connectivity index (χ2v) is 15.9. The SMILES string of the molecule is c1ccc2cc(-c3c(N(c4ccc(-c5ccc6c(c5)sc5ccccc56)cc4)c4cccc5c4oc4ccccc45)c4ccccc4c4ccccc34)ccc2c1. The molecule has 0 saturated carbocycles. The van der Waals surface area contributed by atoms with E-state index >= 15 is 0 Å². The normalized spacial score (nSPS) is 11.9. The maximum absolute atomic E-state index is 6.83. The fourth-order valence-electron chi connectivity index (χ4n) is 9.00. The molecule has 0 N–H and O–H groups in total. The topological polar surface area (TPSA) is 16.4 Å². The van der Waals surface area contributed by atoms with Crippen LogP contribution < -0.4 is 4.90 Å². The predicted molar refractivity (Wildman–Crippen MR) is 245 cm³/mol. The lowest BCUT2D eigenvalue weighted by atomic mass is 9.89. The number of thiophene rings is 1. The van der Waals surface area contributed by atoms with Crippen LogP contribution in [0.15, 0.2) is 205 Å². The molecule has 12 rings (SSSR count). The predicted octanol–water partition coefficient (Wildman–Crippen LogP) is 16.2. The molecule has 2 aromatic heterocycles. The van der Waals surface area contributed by atoms with Crippen LogP contribution in [-0.4, -0.2) is 0 Å². The second-order valence-electron chi connectivity index (χ2n) is 14.8. The van der Waals surface area contributed by atoms with Crippen molar-refractivity contribution in [2.24, 2.45) is 0 Å². The van der Waals surface area contributed by atoms with Crippen molar-refractivity contribution in [3.63, 3.8) is 0 Å². The highest BCUT2D eigenvalue weighted by atomic mass is 32.1. The Morgan fingerprint density at radius 1 is 0.368 bits per heavy atom. The van der Waals surface area contributed by atoms with Gasteiger partial charge in [-0.3, -0.25) is 0 Å². The van der Waals surface area contributed by atoms with Crippen LogP contribution in [0.3, 0.4) is 0 Å². The number of anilines is 3. The largest absolute Gasteiger partial charge is 0.454 e. The van der Waals surface area contributed by atoms with E-state index in [1.165, 1.54) is 74.7 Å². The number of benzene rings is 10. The van der Waals surface area contributed by atoms with Crippen molar-refractivity contribution in [2.45, 2.75) is 0 Å².